The second-order valence-electron chi connectivity index (χ2n) is 3.31. The molecule has 3 nitrogen and oxygen atoms in total. The highest BCUT2D eigenvalue weighted by molar-refractivity contribution is 7.11. The molecular weight excluding hydrogens is 194 g/mol. The minimum Gasteiger partial charge on any atom is -0.371 e. The highest BCUT2D eigenvalue weighted by Gasteiger charge is 2.06. The topological polar surface area (TPSA) is 50.9 Å². The normalized spacial score (nSPS) is 13.0. The number of nitrogens with two attached hydrogens (primary N) is 1. The minimum absolute atomic E-state index is 0.291. The second kappa shape index (κ2) is 3.94. The van der Waals surface area contributed by atoms with E-state index in [9.17, 15) is 0 Å². The van der Waals surface area contributed by atoms with E-state index in [4.69, 9.17) is 5.73 Å². The van der Waals surface area contributed by atoms with Crippen LogP contribution in [0.5, 0.6) is 0 Å². The Kier molecular flexibility index (Phi) is 2.65. The molecule has 1 atom stereocenters. The molecule has 0 spiro atoms. The molecular formula is C10H13N3S. The summed E-state index contributed by atoms with van der Waals surface area (Å²) in [5.74, 6) is 0. The Balaban J connectivity index is 2.33. The molecule has 1 aromatic heterocycles. The Bertz CT molecular complexity index is 424. The molecule has 1 unspecified atom stereocenters. The van der Waals surface area contributed by atoms with Crippen molar-refractivity contribution in [3.05, 3.63) is 24.3 Å². The van der Waals surface area contributed by atoms with Crippen LogP contribution < -0.4 is 11.1 Å². The van der Waals surface area contributed by atoms with Crippen LogP contribution in [-0.4, -0.2) is 17.0 Å². The highest BCUT2D eigenvalue weighted by atomic mass is 32.1. The molecule has 0 bridgehead atoms. The number of fused-ring (bicyclic) bond motifs is 1. The largest absolute Gasteiger partial charge is 0.371 e. The molecule has 2 rings (SSSR count). The molecule has 0 saturated heterocycles. The Morgan fingerprint density at radius 2 is 2.29 bits per heavy atom. The van der Waals surface area contributed by atoms with Crippen LogP contribution in [0, 0.1) is 0 Å². The van der Waals surface area contributed by atoms with E-state index < -0.39 is 0 Å². The van der Waals surface area contributed by atoms with Gasteiger partial charge in [0.05, 0.1) is 5.52 Å². The third-order valence-corrected chi connectivity index (χ3v) is 2.92. The molecule has 1 heterocycles. The predicted octanol–water partition coefficient (Wildman–Crippen LogP) is 2.06. The van der Waals surface area contributed by atoms with Crippen LogP contribution in [0.4, 0.5) is 5.00 Å². The monoisotopic (exact) mass is 207 g/mol. The van der Waals surface area contributed by atoms with E-state index >= 15 is 0 Å². The van der Waals surface area contributed by atoms with Crippen molar-refractivity contribution >= 4 is 27.4 Å². The van der Waals surface area contributed by atoms with E-state index in [-0.39, 0.29) is 0 Å². The van der Waals surface area contributed by atoms with Crippen LogP contribution in [0.15, 0.2) is 24.3 Å². The zero-order valence-electron chi connectivity index (χ0n) is 8.03. The fraction of sp³-hybridized carbons (Fsp3) is 0.300. The molecule has 0 radical (unpaired) electrons. The van der Waals surface area contributed by atoms with E-state index in [1.54, 1.807) is 0 Å². The van der Waals surface area contributed by atoms with Crippen molar-refractivity contribution < 1.29 is 0 Å². The number of aromatic nitrogens is 1. The van der Waals surface area contributed by atoms with Gasteiger partial charge in [-0.15, -0.1) is 0 Å². The summed E-state index contributed by atoms with van der Waals surface area (Å²) in [6.45, 7) is 2.70. The first kappa shape index (κ1) is 9.43. The lowest BCUT2D eigenvalue weighted by Crippen LogP contribution is -2.24. The van der Waals surface area contributed by atoms with Crippen molar-refractivity contribution in [1.29, 1.82) is 0 Å². The van der Waals surface area contributed by atoms with Gasteiger partial charge < -0.3 is 11.1 Å². The van der Waals surface area contributed by atoms with Crippen LogP contribution >= 0.6 is 11.5 Å². The summed E-state index contributed by atoms with van der Waals surface area (Å²) in [6, 6.07) is 8.40. The second-order valence-corrected chi connectivity index (χ2v) is 4.08. The molecule has 3 N–H and O–H groups in total. The van der Waals surface area contributed by atoms with Crippen LogP contribution in [0.1, 0.15) is 6.92 Å². The molecule has 1 aromatic carbocycles. The summed E-state index contributed by atoms with van der Waals surface area (Å²) in [4.78, 5) is 0. The van der Waals surface area contributed by atoms with Gasteiger partial charge in [-0.2, -0.15) is 4.37 Å². The molecule has 0 aliphatic heterocycles. The maximum Gasteiger partial charge on any atom is 0.117 e. The van der Waals surface area contributed by atoms with Gasteiger partial charge in [-0.05, 0) is 30.6 Å². The van der Waals surface area contributed by atoms with Crippen molar-refractivity contribution in [2.45, 2.75) is 13.0 Å². The van der Waals surface area contributed by atoms with Crippen molar-refractivity contribution in [1.82, 2.24) is 4.37 Å². The molecule has 0 aliphatic carbocycles. The number of hydrogen-bond acceptors (Lipinski definition) is 4. The molecule has 14 heavy (non-hydrogen) atoms. The van der Waals surface area contributed by atoms with Crippen LogP contribution in [-0.2, 0) is 0 Å². The summed E-state index contributed by atoms with van der Waals surface area (Å²) in [5, 5.41) is 5.63. The number of benzene rings is 1. The van der Waals surface area contributed by atoms with Gasteiger partial charge in [0.25, 0.3) is 0 Å². The SMILES string of the molecule is CC(CN)Nc1snc2ccccc12. The van der Waals surface area contributed by atoms with E-state index in [0.29, 0.717) is 12.6 Å². The third-order valence-electron chi connectivity index (χ3n) is 2.12. The van der Waals surface area contributed by atoms with Gasteiger partial charge in [0.2, 0.25) is 0 Å². The summed E-state index contributed by atoms with van der Waals surface area (Å²) in [6.07, 6.45) is 0. The Hall–Kier alpha value is -1.13. The van der Waals surface area contributed by atoms with E-state index in [1.807, 2.05) is 18.2 Å². The van der Waals surface area contributed by atoms with Crippen LogP contribution in [0.3, 0.4) is 0 Å². The first-order chi connectivity index (χ1) is 6.81. The first-order valence-corrected chi connectivity index (χ1v) is 5.39. The van der Waals surface area contributed by atoms with Gasteiger partial charge >= 0.3 is 0 Å². The van der Waals surface area contributed by atoms with Gasteiger partial charge in [-0.1, -0.05) is 12.1 Å². The van der Waals surface area contributed by atoms with E-state index in [2.05, 4.69) is 22.7 Å². The fourth-order valence-electron chi connectivity index (χ4n) is 1.28. The minimum atomic E-state index is 0.291. The van der Waals surface area contributed by atoms with Gasteiger partial charge in [0.15, 0.2) is 0 Å². The van der Waals surface area contributed by atoms with Gasteiger partial charge in [-0.3, -0.25) is 0 Å². The first-order valence-electron chi connectivity index (χ1n) is 4.62. The van der Waals surface area contributed by atoms with Gasteiger partial charge in [-0.25, -0.2) is 0 Å². The van der Waals surface area contributed by atoms with Crippen molar-refractivity contribution in [2.24, 2.45) is 5.73 Å². The quantitative estimate of drug-likeness (QED) is 0.810. The molecule has 0 aliphatic rings. The van der Waals surface area contributed by atoms with Crippen LogP contribution in [0.25, 0.3) is 10.9 Å². The number of rotatable bonds is 3. The van der Waals surface area contributed by atoms with Gasteiger partial charge in [0.1, 0.15) is 5.00 Å². The van der Waals surface area contributed by atoms with Crippen molar-refractivity contribution in [3.63, 3.8) is 0 Å². The molecule has 4 heteroatoms. The number of anilines is 1. The van der Waals surface area contributed by atoms with E-state index in [1.165, 1.54) is 16.9 Å². The smallest absolute Gasteiger partial charge is 0.117 e. The summed E-state index contributed by atoms with van der Waals surface area (Å²) in [7, 11) is 0. The Morgan fingerprint density at radius 1 is 1.50 bits per heavy atom. The van der Waals surface area contributed by atoms with Crippen molar-refractivity contribution in [3.8, 4) is 0 Å². The average Bonchev–Trinajstić information content (AvgIpc) is 2.62. The zero-order chi connectivity index (χ0) is 9.97. The summed E-state index contributed by atoms with van der Waals surface area (Å²) in [5.41, 5.74) is 6.60. The summed E-state index contributed by atoms with van der Waals surface area (Å²) >= 11 is 1.49. The molecule has 2 aromatic rings. The Morgan fingerprint density at radius 3 is 3.07 bits per heavy atom. The zero-order valence-corrected chi connectivity index (χ0v) is 8.84. The standard InChI is InChI=1S/C10H13N3S/c1-7(6-11)12-10-8-4-2-3-5-9(8)13-14-10/h2-5,7,12H,6,11H2,1H3. The highest BCUT2D eigenvalue weighted by Crippen LogP contribution is 2.27. The summed E-state index contributed by atoms with van der Waals surface area (Å²) < 4.78 is 4.34. The lowest BCUT2D eigenvalue weighted by atomic mass is 10.2. The molecule has 74 valence electrons. The van der Waals surface area contributed by atoms with Gasteiger partial charge in [0, 0.05) is 18.0 Å². The molecule has 0 amide bonds. The predicted molar refractivity (Wildman–Crippen MR) is 61.8 cm³/mol. The number of nitrogens with zero attached hydrogens (tertiary/aromatic N) is 1. The fourth-order valence-corrected chi connectivity index (χ4v) is 2.15. The lowest BCUT2D eigenvalue weighted by molar-refractivity contribution is 0.808. The van der Waals surface area contributed by atoms with E-state index in [0.717, 1.165) is 10.5 Å². The van der Waals surface area contributed by atoms with Crippen LogP contribution in [0.2, 0.25) is 0 Å². The third kappa shape index (κ3) is 1.71. The molecule has 0 saturated carbocycles. The lowest BCUT2D eigenvalue weighted by Gasteiger charge is -2.10. The number of nitrogens with one attached hydrogen (secondary N) is 1. The maximum absolute atomic E-state index is 5.55. The molecule has 0 fully saturated rings. The maximum atomic E-state index is 5.55. The number of hydrogen-bond donors (Lipinski definition) is 2. The Labute approximate surface area is 87.1 Å². The van der Waals surface area contributed by atoms with Crippen molar-refractivity contribution in [2.75, 3.05) is 11.9 Å². The average molecular weight is 207 g/mol.